The second-order valence-electron chi connectivity index (χ2n) is 5.17. The highest BCUT2D eigenvalue weighted by Crippen LogP contribution is 2.10. The number of hydrogen-bond acceptors (Lipinski definition) is 2. The van der Waals surface area contributed by atoms with Gasteiger partial charge >= 0.3 is 0 Å². The zero-order valence-electron chi connectivity index (χ0n) is 12.4. The molecule has 1 fully saturated rings. The van der Waals surface area contributed by atoms with Crippen LogP contribution in [0.25, 0.3) is 0 Å². The molecule has 112 valence electrons. The first-order valence-electron chi connectivity index (χ1n) is 6.81. The molecule has 0 radical (unpaired) electrons. The van der Waals surface area contributed by atoms with E-state index in [0.717, 1.165) is 32.0 Å². The summed E-state index contributed by atoms with van der Waals surface area (Å²) in [7, 11) is 1.78. The van der Waals surface area contributed by atoms with Crippen LogP contribution in [0.4, 0.5) is 0 Å². The Kier molecular flexibility index (Phi) is 9.12. The molecule has 0 bridgehead atoms. The first-order valence-corrected chi connectivity index (χ1v) is 6.81. The van der Waals surface area contributed by atoms with E-state index in [1.54, 1.807) is 7.05 Å². The van der Waals surface area contributed by atoms with Gasteiger partial charge in [0.1, 0.15) is 0 Å². The number of carbonyl (C=O) groups is 1. The molecule has 0 aliphatic carbocycles. The fourth-order valence-electron chi connectivity index (χ4n) is 2.02. The Hall–Kier alpha value is -0.530. The summed E-state index contributed by atoms with van der Waals surface area (Å²) >= 11 is 0. The molecule has 0 spiro atoms. The molecule has 0 aromatic rings. The molecule has 0 aromatic heterocycles. The van der Waals surface area contributed by atoms with Gasteiger partial charge in [-0.3, -0.25) is 9.79 Å². The van der Waals surface area contributed by atoms with Gasteiger partial charge < -0.3 is 15.5 Å². The van der Waals surface area contributed by atoms with Gasteiger partial charge in [0.25, 0.3) is 0 Å². The maximum atomic E-state index is 11.6. The fourth-order valence-corrected chi connectivity index (χ4v) is 2.02. The number of hydrogen-bond donors (Lipinski definition) is 2. The summed E-state index contributed by atoms with van der Waals surface area (Å²) < 4.78 is 0. The van der Waals surface area contributed by atoms with Crippen LogP contribution in [0.1, 0.15) is 33.6 Å². The minimum Gasteiger partial charge on any atom is -0.356 e. The Bertz CT molecular complexity index is 307. The predicted molar refractivity (Wildman–Crippen MR) is 90.0 cm³/mol. The van der Waals surface area contributed by atoms with Gasteiger partial charge in [0.15, 0.2) is 5.96 Å². The summed E-state index contributed by atoms with van der Waals surface area (Å²) in [6.07, 6.45) is 1.58. The number of nitrogens with one attached hydrogen (secondary N) is 2. The molecular formula is C13H27IN4O. The maximum Gasteiger partial charge on any atom is 0.222 e. The number of halogens is 1. The van der Waals surface area contributed by atoms with Gasteiger partial charge in [-0.1, -0.05) is 20.8 Å². The summed E-state index contributed by atoms with van der Waals surface area (Å²) in [4.78, 5) is 17.7. The van der Waals surface area contributed by atoms with Crippen LogP contribution < -0.4 is 10.6 Å². The number of aliphatic imine (C=N–C) groups is 1. The van der Waals surface area contributed by atoms with E-state index >= 15 is 0 Å². The third-order valence-corrected chi connectivity index (χ3v) is 3.09. The smallest absolute Gasteiger partial charge is 0.222 e. The molecule has 5 nitrogen and oxygen atoms in total. The molecule has 1 heterocycles. The molecule has 1 aliphatic rings. The van der Waals surface area contributed by atoms with Crippen LogP contribution in [0.3, 0.4) is 0 Å². The van der Waals surface area contributed by atoms with Gasteiger partial charge in [-0.15, -0.1) is 24.0 Å². The Balaban J connectivity index is 0.00000324. The molecule has 1 unspecified atom stereocenters. The SMILES string of the molecule is CCC(=O)N1CCC(NC(=NC)NCC(C)C)C1.I. The second-order valence-corrected chi connectivity index (χ2v) is 5.17. The quantitative estimate of drug-likeness (QED) is 0.440. The number of carbonyl (C=O) groups excluding carboxylic acids is 1. The highest BCUT2D eigenvalue weighted by molar-refractivity contribution is 14.0. The highest BCUT2D eigenvalue weighted by atomic mass is 127. The lowest BCUT2D eigenvalue weighted by Gasteiger charge is -2.19. The Morgan fingerprint density at radius 2 is 2.16 bits per heavy atom. The highest BCUT2D eigenvalue weighted by Gasteiger charge is 2.25. The van der Waals surface area contributed by atoms with Gasteiger partial charge in [0.2, 0.25) is 5.91 Å². The van der Waals surface area contributed by atoms with Crippen molar-refractivity contribution in [3.8, 4) is 0 Å². The standard InChI is InChI=1S/C13H26N4O.HI/c1-5-12(18)17-7-6-11(9-17)16-13(14-4)15-8-10(2)3;/h10-11H,5-9H2,1-4H3,(H2,14,15,16);1H. The van der Waals surface area contributed by atoms with Gasteiger partial charge in [0.05, 0.1) is 0 Å². The first kappa shape index (κ1) is 18.5. The summed E-state index contributed by atoms with van der Waals surface area (Å²) in [5.41, 5.74) is 0. The lowest BCUT2D eigenvalue weighted by atomic mass is 10.2. The van der Waals surface area contributed by atoms with Crippen molar-refractivity contribution in [1.29, 1.82) is 0 Å². The van der Waals surface area contributed by atoms with E-state index in [2.05, 4.69) is 29.5 Å². The van der Waals surface area contributed by atoms with Gasteiger partial charge in [-0.25, -0.2) is 0 Å². The largest absolute Gasteiger partial charge is 0.356 e. The van der Waals surface area contributed by atoms with Gasteiger partial charge in [-0.05, 0) is 12.3 Å². The third kappa shape index (κ3) is 6.44. The van der Waals surface area contributed by atoms with Crippen LogP contribution >= 0.6 is 24.0 Å². The molecule has 1 atom stereocenters. The van der Waals surface area contributed by atoms with Crippen molar-refractivity contribution in [1.82, 2.24) is 15.5 Å². The van der Waals surface area contributed by atoms with Gasteiger partial charge in [-0.2, -0.15) is 0 Å². The predicted octanol–water partition coefficient (Wildman–Crippen LogP) is 1.44. The van der Waals surface area contributed by atoms with Crippen LogP contribution in [-0.4, -0.2) is 49.5 Å². The maximum absolute atomic E-state index is 11.6. The van der Waals surface area contributed by atoms with E-state index in [4.69, 9.17) is 0 Å². The summed E-state index contributed by atoms with van der Waals surface area (Å²) in [6.45, 7) is 8.78. The normalized spacial score (nSPS) is 19.3. The third-order valence-electron chi connectivity index (χ3n) is 3.09. The summed E-state index contributed by atoms with van der Waals surface area (Å²) in [6, 6.07) is 0.318. The van der Waals surface area contributed by atoms with Crippen molar-refractivity contribution >= 4 is 35.8 Å². The molecule has 1 saturated heterocycles. The lowest BCUT2D eigenvalue weighted by molar-refractivity contribution is -0.129. The average molecular weight is 382 g/mol. The Morgan fingerprint density at radius 3 is 2.68 bits per heavy atom. The minimum atomic E-state index is 0. The van der Waals surface area contributed by atoms with Crippen LogP contribution in [0, 0.1) is 5.92 Å². The van der Waals surface area contributed by atoms with E-state index in [1.807, 2.05) is 11.8 Å². The zero-order valence-corrected chi connectivity index (χ0v) is 14.7. The zero-order chi connectivity index (χ0) is 13.5. The lowest BCUT2D eigenvalue weighted by Crippen LogP contribution is -2.45. The molecule has 2 N–H and O–H groups in total. The molecular weight excluding hydrogens is 355 g/mol. The van der Waals surface area contributed by atoms with E-state index < -0.39 is 0 Å². The van der Waals surface area contributed by atoms with E-state index in [0.29, 0.717) is 18.4 Å². The monoisotopic (exact) mass is 382 g/mol. The van der Waals surface area contributed by atoms with Crippen LogP contribution in [0.2, 0.25) is 0 Å². The number of amides is 1. The molecule has 1 rings (SSSR count). The van der Waals surface area contributed by atoms with E-state index in [-0.39, 0.29) is 29.9 Å². The molecule has 1 aliphatic heterocycles. The van der Waals surface area contributed by atoms with Crippen molar-refractivity contribution < 1.29 is 4.79 Å². The van der Waals surface area contributed by atoms with Crippen molar-refractivity contribution in [3.63, 3.8) is 0 Å². The number of likely N-dealkylation sites (tertiary alicyclic amines) is 1. The molecule has 6 heteroatoms. The fraction of sp³-hybridized carbons (Fsp3) is 0.846. The van der Waals surface area contributed by atoms with E-state index in [9.17, 15) is 4.79 Å². The molecule has 1 amide bonds. The van der Waals surface area contributed by atoms with Crippen LogP contribution in [-0.2, 0) is 4.79 Å². The van der Waals surface area contributed by atoms with Crippen molar-refractivity contribution in [2.24, 2.45) is 10.9 Å². The average Bonchev–Trinajstić information content (AvgIpc) is 2.81. The first-order chi connectivity index (χ1) is 8.56. The van der Waals surface area contributed by atoms with Crippen LogP contribution in [0.15, 0.2) is 4.99 Å². The topological polar surface area (TPSA) is 56.7 Å². The second kappa shape index (κ2) is 9.39. The van der Waals surface area contributed by atoms with Gasteiger partial charge in [0, 0.05) is 39.1 Å². The van der Waals surface area contributed by atoms with Crippen molar-refractivity contribution in [3.05, 3.63) is 0 Å². The molecule has 0 aromatic carbocycles. The number of guanidine groups is 1. The number of rotatable bonds is 4. The summed E-state index contributed by atoms with van der Waals surface area (Å²) in [5.74, 6) is 1.66. The van der Waals surface area contributed by atoms with Crippen molar-refractivity contribution in [2.75, 3.05) is 26.7 Å². The van der Waals surface area contributed by atoms with Crippen LogP contribution in [0.5, 0.6) is 0 Å². The Labute approximate surface area is 133 Å². The Morgan fingerprint density at radius 1 is 1.47 bits per heavy atom. The summed E-state index contributed by atoms with van der Waals surface area (Å²) in [5, 5.41) is 6.66. The molecule has 19 heavy (non-hydrogen) atoms. The molecule has 0 saturated carbocycles. The van der Waals surface area contributed by atoms with E-state index in [1.165, 1.54) is 0 Å². The minimum absolute atomic E-state index is 0. The number of nitrogens with zero attached hydrogens (tertiary/aromatic N) is 2. The van der Waals surface area contributed by atoms with Crippen molar-refractivity contribution in [2.45, 2.75) is 39.7 Å².